The smallest absolute Gasteiger partial charge is 0.145 e. The number of nitrogens with zero attached hydrogens (tertiary/aromatic N) is 3. The standard InChI is InChI=1S/C25H34ClN5O2/c1-16-4-5-18(12-28-16)23(32)9-19-8-20(21(26)13-29-19)22-14-27-15-24(31-22)30-11-17-6-7-33-25(2,3)10-17/h8,13-18,28H,4-7,9-12H2,1-3H3,(H,30,31)/t16-,17+,18-/m1/s1. The summed E-state index contributed by atoms with van der Waals surface area (Å²) in [7, 11) is 0. The third kappa shape index (κ3) is 6.49. The molecule has 4 heterocycles. The highest BCUT2D eigenvalue weighted by Gasteiger charge is 2.28. The molecule has 0 aliphatic carbocycles. The van der Waals surface area contributed by atoms with E-state index in [2.05, 4.69) is 41.4 Å². The van der Waals surface area contributed by atoms with Gasteiger partial charge in [0.15, 0.2) is 0 Å². The predicted molar refractivity (Wildman–Crippen MR) is 130 cm³/mol. The Hall–Kier alpha value is -2.09. The van der Waals surface area contributed by atoms with Gasteiger partial charge in [-0.15, -0.1) is 0 Å². The quantitative estimate of drug-likeness (QED) is 0.621. The van der Waals surface area contributed by atoms with E-state index >= 15 is 0 Å². The van der Waals surface area contributed by atoms with Crippen LogP contribution < -0.4 is 10.6 Å². The minimum Gasteiger partial charge on any atom is -0.376 e. The lowest BCUT2D eigenvalue weighted by atomic mass is 9.88. The number of Topliss-reactive ketones (excluding diaryl/α,β-unsaturated/α-hetero) is 1. The van der Waals surface area contributed by atoms with Crippen LogP contribution in [-0.2, 0) is 16.0 Å². The normalized spacial score (nSPS) is 24.9. The lowest BCUT2D eigenvalue weighted by Gasteiger charge is -2.35. The van der Waals surface area contributed by atoms with Crippen molar-refractivity contribution >= 4 is 23.2 Å². The van der Waals surface area contributed by atoms with Crippen molar-refractivity contribution in [2.24, 2.45) is 11.8 Å². The highest BCUT2D eigenvalue weighted by atomic mass is 35.5. The average molecular weight is 472 g/mol. The van der Waals surface area contributed by atoms with Crippen molar-refractivity contribution in [1.29, 1.82) is 0 Å². The summed E-state index contributed by atoms with van der Waals surface area (Å²) in [6.45, 7) is 8.78. The van der Waals surface area contributed by atoms with Crippen molar-refractivity contribution in [2.75, 3.05) is 25.0 Å². The number of halogens is 1. The summed E-state index contributed by atoms with van der Waals surface area (Å²) in [6.07, 6.45) is 9.32. The van der Waals surface area contributed by atoms with Crippen LogP contribution >= 0.6 is 11.6 Å². The van der Waals surface area contributed by atoms with E-state index in [9.17, 15) is 4.79 Å². The van der Waals surface area contributed by atoms with Crippen LogP contribution in [0, 0.1) is 11.8 Å². The Morgan fingerprint density at radius 1 is 1.27 bits per heavy atom. The van der Waals surface area contributed by atoms with Crippen LogP contribution in [0.1, 0.15) is 52.1 Å². The molecule has 2 fully saturated rings. The number of nitrogens with one attached hydrogen (secondary N) is 2. The summed E-state index contributed by atoms with van der Waals surface area (Å²) in [6, 6.07) is 2.35. The molecule has 7 nitrogen and oxygen atoms in total. The zero-order chi connectivity index (χ0) is 23.4. The van der Waals surface area contributed by atoms with E-state index in [1.54, 1.807) is 18.6 Å². The van der Waals surface area contributed by atoms with Gasteiger partial charge in [0.05, 0.1) is 28.7 Å². The second-order valence-corrected chi connectivity index (χ2v) is 10.4. The Morgan fingerprint density at radius 2 is 2.12 bits per heavy atom. The largest absolute Gasteiger partial charge is 0.376 e. The first-order valence-electron chi connectivity index (χ1n) is 11.9. The highest BCUT2D eigenvalue weighted by molar-refractivity contribution is 6.33. The predicted octanol–water partition coefficient (Wildman–Crippen LogP) is 4.31. The van der Waals surface area contributed by atoms with E-state index in [-0.39, 0.29) is 17.3 Å². The molecule has 2 N–H and O–H groups in total. The SMILES string of the molecule is C[C@@H]1CC[C@@H](C(=O)Cc2cc(-c3cncc(NC[C@H]4CCOC(C)(C)C4)n3)c(Cl)cn2)CN1. The molecule has 2 aliphatic heterocycles. The molecule has 0 saturated carbocycles. The molecule has 0 unspecified atom stereocenters. The molecule has 0 bridgehead atoms. The van der Waals surface area contributed by atoms with Crippen LogP contribution in [0.5, 0.6) is 0 Å². The molecule has 2 aliphatic rings. The van der Waals surface area contributed by atoms with E-state index in [4.69, 9.17) is 21.3 Å². The molecule has 33 heavy (non-hydrogen) atoms. The van der Waals surface area contributed by atoms with Gasteiger partial charge in [-0.1, -0.05) is 11.6 Å². The molecule has 3 atom stereocenters. The molecule has 0 amide bonds. The fourth-order valence-electron chi connectivity index (χ4n) is 4.73. The maximum Gasteiger partial charge on any atom is 0.145 e. The van der Waals surface area contributed by atoms with E-state index in [1.807, 2.05) is 6.07 Å². The van der Waals surface area contributed by atoms with E-state index in [0.717, 1.165) is 50.9 Å². The maximum atomic E-state index is 12.8. The van der Waals surface area contributed by atoms with Crippen LogP contribution in [0.25, 0.3) is 11.3 Å². The Balaban J connectivity index is 1.42. The summed E-state index contributed by atoms with van der Waals surface area (Å²) in [4.78, 5) is 26.3. The molecule has 178 valence electrons. The number of rotatable bonds is 7. The summed E-state index contributed by atoms with van der Waals surface area (Å²) < 4.78 is 5.82. The fraction of sp³-hybridized carbons (Fsp3) is 0.600. The number of anilines is 1. The second kappa shape index (κ2) is 10.5. The Kier molecular flexibility index (Phi) is 7.62. The molecule has 0 aromatic carbocycles. The number of aromatic nitrogens is 3. The van der Waals surface area contributed by atoms with Crippen LogP contribution in [0.2, 0.25) is 5.02 Å². The van der Waals surface area contributed by atoms with Gasteiger partial charge in [0, 0.05) is 55.5 Å². The van der Waals surface area contributed by atoms with Crippen LogP contribution in [0.15, 0.2) is 24.7 Å². The molecule has 0 spiro atoms. The van der Waals surface area contributed by atoms with Gasteiger partial charge in [-0.05, 0) is 58.4 Å². The van der Waals surface area contributed by atoms with Gasteiger partial charge in [0.1, 0.15) is 11.6 Å². The first-order chi connectivity index (χ1) is 15.8. The lowest BCUT2D eigenvalue weighted by molar-refractivity contribution is -0.122. The van der Waals surface area contributed by atoms with Gasteiger partial charge >= 0.3 is 0 Å². The molecule has 2 aromatic rings. The van der Waals surface area contributed by atoms with Crippen LogP contribution in [0.4, 0.5) is 5.82 Å². The zero-order valence-corrected chi connectivity index (χ0v) is 20.5. The second-order valence-electron chi connectivity index (χ2n) is 10.0. The number of ketones is 1. The maximum absolute atomic E-state index is 12.8. The van der Waals surface area contributed by atoms with Gasteiger partial charge in [0.2, 0.25) is 0 Å². The monoisotopic (exact) mass is 471 g/mol. The fourth-order valence-corrected chi connectivity index (χ4v) is 4.93. The topological polar surface area (TPSA) is 89.0 Å². The Morgan fingerprint density at radius 3 is 2.88 bits per heavy atom. The van der Waals surface area contributed by atoms with Crippen molar-refractivity contribution in [3.63, 3.8) is 0 Å². The number of carbonyl (C=O) groups excluding carboxylic acids is 1. The molecular formula is C25H34ClN5O2. The van der Waals surface area contributed by atoms with Gasteiger partial charge in [0.25, 0.3) is 0 Å². The van der Waals surface area contributed by atoms with E-state index in [0.29, 0.717) is 40.6 Å². The Bertz CT molecular complexity index is 975. The number of hydrogen-bond donors (Lipinski definition) is 2. The van der Waals surface area contributed by atoms with Gasteiger partial charge in [-0.2, -0.15) is 0 Å². The number of pyridine rings is 1. The molecule has 8 heteroatoms. The number of piperidine rings is 1. The van der Waals surface area contributed by atoms with Crippen molar-refractivity contribution < 1.29 is 9.53 Å². The number of ether oxygens (including phenoxy) is 1. The van der Waals surface area contributed by atoms with Crippen LogP contribution in [0.3, 0.4) is 0 Å². The lowest BCUT2D eigenvalue weighted by Crippen LogP contribution is -2.40. The summed E-state index contributed by atoms with van der Waals surface area (Å²) in [5.74, 6) is 1.50. The van der Waals surface area contributed by atoms with Crippen molar-refractivity contribution in [3.8, 4) is 11.3 Å². The average Bonchev–Trinajstić information content (AvgIpc) is 2.79. The zero-order valence-electron chi connectivity index (χ0n) is 19.7. The first-order valence-corrected chi connectivity index (χ1v) is 12.3. The summed E-state index contributed by atoms with van der Waals surface area (Å²) in [5.41, 5.74) is 2.04. The van der Waals surface area contributed by atoms with E-state index < -0.39 is 0 Å². The van der Waals surface area contributed by atoms with Crippen molar-refractivity contribution in [3.05, 3.63) is 35.4 Å². The van der Waals surface area contributed by atoms with Gasteiger partial charge < -0.3 is 15.4 Å². The first kappa shape index (κ1) is 24.0. The third-order valence-electron chi connectivity index (χ3n) is 6.67. The van der Waals surface area contributed by atoms with Crippen LogP contribution in [-0.4, -0.2) is 52.1 Å². The third-order valence-corrected chi connectivity index (χ3v) is 6.97. The molecular weight excluding hydrogens is 438 g/mol. The number of hydrogen-bond acceptors (Lipinski definition) is 7. The van der Waals surface area contributed by atoms with Crippen molar-refractivity contribution in [2.45, 2.75) is 64.5 Å². The minimum atomic E-state index is -0.0809. The number of carbonyl (C=O) groups is 1. The molecule has 4 rings (SSSR count). The van der Waals surface area contributed by atoms with E-state index in [1.165, 1.54) is 0 Å². The minimum absolute atomic E-state index is 0.0459. The highest BCUT2D eigenvalue weighted by Crippen LogP contribution is 2.30. The van der Waals surface area contributed by atoms with Gasteiger partial charge in [-0.3, -0.25) is 14.8 Å². The molecule has 0 radical (unpaired) electrons. The van der Waals surface area contributed by atoms with Gasteiger partial charge in [-0.25, -0.2) is 4.98 Å². The molecule has 2 aromatic heterocycles. The Labute approximate surface area is 201 Å². The molecule has 2 saturated heterocycles. The van der Waals surface area contributed by atoms with Crippen molar-refractivity contribution in [1.82, 2.24) is 20.3 Å². The summed E-state index contributed by atoms with van der Waals surface area (Å²) in [5, 5.41) is 7.32. The summed E-state index contributed by atoms with van der Waals surface area (Å²) >= 11 is 6.46.